The van der Waals surface area contributed by atoms with Gasteiger partial charge in [0.05, 0.1) is 0 Å². The van der Waals surface area contributed by atoms with Crippen LogP contribution in [0.4, 0.5) is 0 Å². The average Bonchev–Trinajstić information content (AvgIpc) is 2.96. The lowest BCUT2D eigenvalue weighted by Gasteiger charge is -2.24. The molecular formula is C28H25B. The van der Waals surface area contributed by atoms with Crippen LogP contribution in [-0.4, -0.2) is 7.85 Å². The minimum Gasteiger partial charge on any atom is -0.0886 e. The van der Waals surface area contributed by atoms with Crippen LogP contribution >= 0.6 is 0 Å². The van der Waals surface area contributed by atoms with Gasteiger partial charge in [-0.3, -0.25) is 0 Å². The third-order valence-electron chi connectivity index (χ3n) is 6.45. The van der Waals surface area contributed by atoms with Crippen molar-refractivity contribution in [3.8, 4) is 11.1 Å². The van der Waals surface area contributed by atoms with Crippen molar-refractivity contribution in [3.05, 3.63) is 125 Å². The molecule has 0 unspecified atom stereocenters. The second-order valence-corrected chi connectivity index (χ2v) is 8.73. The molecule has 0 aromatic heterocycles. The van der Waals surface area contributed by atoms with Gasteiger partial charge in [0.15, 0.2) is 0 Å². The second-order valence-electron chi connectivity index (χ2n) is 8.73. The van der Waals surface area contributed by atoms with E-state index in [4.69, 9.17) is 0 Å². The monoisotopic (exact) mass is 372 g/mol. The Balaban J connectivity index is 1.69. The maximum absolute atomic E-state index is 2.45. The van der Waals surface area contributed by atoms with E-state index in [1.54, 1.807) is 0 Å². The van der Waals surface area contributed by atoms with E-state index in [0.29, 0.717) is 0 Å². The summed E-state index contributed by atoms with van der Waals surface area (Å²) in [5.74, 6) is 0.240. The number of fused-ring (bicyclic) bond motifs is 3. The first-order chi connectivity index (χ1) is 14.1. The predicted octanol–water partition coefficient (Wildman–Crippen LogP) is 5.43. The van der Waals surface area contributed by atoms with Crippen LogP contribution in [-0.2, 0) is 5.41 Å². The van der Waals surface area contributed by atoms with Gasteiger partial charge in [-0.05, 0) is 38.9 Å². The van der Waals surface area contributed by atoms with Crippen molar-refractivity contribution in [2.75, 3.05) is 0 Å². The highest BCUT2D eigenvalue weighted by Gasteiger charge is 2.36. The Kier molecular flexibility index (Phi) is 4.21. The van der Waals surface area contributed by atoms with Crippen LogP contribution in [0, 0.1) is 0 Å². The Morgan fingerprint density at radius 2 is 1.10 bits per heavy atom. The molecule has 4 aromatic rings. The van der Waals surface area contributed by atoms with Gasteiger partial charge in [0.2, 0.25) is 0 Å². The Morgan fingerprint density at radius 1 is 0.586 bits per heavy atom. The van der Waals surface area contributed by atoms with Crippen LogP contribution in [0.3, 0.4) is 0 Å². The molecular weight excluding hydrogens is 347 g/mol. The lowest BCUT2D eigenvalue weighted by atomic mass is 9.78. The molecule has 1 aliphatic rings. The van der Waals surface area contributed by atoms with Crippen molar-refractivity contribution < 1.29 is 0 Å². The fraction of sp³-hybridized carbons (Fsp3) is 0.143. The molecule has 0 aliphatic heterocycles. The minimum absolute atomic E-state index is 0.0185. The van der Waals surface area contributed by atoms with E-state index >= 15 is 0 Å². The van der Waals surface area contributed by atoms with Gasteiger partial charge >= 0.3 is 0 Å². The van der Waals surface area contributed by atoms with E-state index in [9.17, 15) is 0 Å². The summed E-state index contributed by atoms with van der Waals surface area (Å²) in [6.45, 7) is 4.72. The summed E-state index contributed by atoms with van der Waals surface area (Å²) in [6.07, 6.45) is 0. The van der Waals surface area contributed by atoms with Gasteiger partial charge in [0.1, 0.15) is 7.85 Å². The van der Waals surface area contributed by atoms with Gasteiger partial charge in [0.25, 0.3) is 0 Å². The lowest BCUT2D eigenvalue weighted by molar-refractivity contribution is 0.659. The third kappa shape index (κ3) is 2.93. The molecule has 29 heavy (non-hydrogen) atoms. The molecule has 0 N–H and O–H groups in total. The number of rotatable bonds is 3. The molecule has 1 aliphatic carbocycles. The molecule has 0 fully saturated rings. The van der Waals surface area contributed by atoms with Gasteiger partial charge < -0.3 is 0 Å². The van der Waals surface area contributed by atoms with Gasteiger partial charge in [-0.15, -0.1) is 0 Å². The topological polar surface area (TPSA) is 0 Å². The molecule has 0 nitrogen and oxygen atoms in total. The summed E-state index contributed by atoms with van der Waals surface area (Å²) in [6, 6.07) is 35.7. The molecule has 140 valence electrons. The van der Waals surface area contributed by atoms with E-state index in [1.165, 1.54) is 44.4 Å². The summed E-state index contributed by atoms with van der Waals surface area (Å²) in [5.41, 5.74) is 11.0. The van der Waals surface area contributed by atoms with E-state index in [-0.39, 0.29) is 11.3 Å². The molecule has 0 radical (unpaired) electrons. The first kappa shape index (κ1) is 18.0. The van der Waals surface area contributed by atoms with Crippen molar-refractivity contribution in [1.82, 2.24) is 0 Å². The molecule has 0 amide bonds. The van der Waals surface area contributed by atoms with Crippen molar-refractivity contribution in [1.29, 1.82) is 0 Å². The fourth-order valence-corrected chi connectivity index (χ4v) is 4.92. The number of hydrogen-bond donors (Lipinski definition) is 0. The Bertz CT molecular complexity index is 1130. The smallest absolute Gasteiger partial charge is 0.0886 e. The van der Waals surface area contributed by atoms with E-state index in [2.05, 4.69) is 119 Å². The van der Waals surface area contributed by atoms with Crippen molar-refractivity contribution in [2.45, 2.75) is 25.2 Å². The van der Waals surface area contributed by atoms with Crippen LogP contribution in [0.25, 0.3) is 11.1 Å². The molecule has 4 aromatic carbocycles. The highest BCUT2D eigenvalue weighted by atomic mass is 14.4. The van der Waals surface area contributed by atoms with E-state index in [1.807, 2.05) is 0 Å². The van der Waals surface area contributed by atoms with E-state index < -0.39 is 0 Å². The molecule has 0 atom stereocenters. The van der Waals surface area contributed by atoms with Crippen LogP contribution in [0.5, 0.6) is 0 Å². The molecule has 0 bridgehead atoms. The van der Waals surface area contributed by atoms with Gasteiger partial charge in [0, 0.05) is 11.3 Å². The average molecular weight is 372 g/mol. The normalized spacial score (nSPS) is 13.9. The van der Waals surface area contributed by atoms with Crippen molar-refractivity contribution in [2.24, 2.45) is 0 Å². The lowest BCUT2D eigenvalue weighted by Crippen LogP contribution is -2.18. The Morgan fingerprint density at radius 3 is 1.69 bits per heavy atom. The first-order valence-electron chi connectivity index (χ1n) is 10.4. The minimum atomic E-state index is 0.0185. The fourth-order valence-electron chi connectivity index (χ4n) is 4.92. The van der Waals surface area contributed by atoms with Crippen LogP contribution in [0.2, 0.25) is 0 Å². The molecule has 0 heterocycles. The SMILES string of the molecule is Bc1ccc2c(c1)C(C)(C)c1cc(C(c3ccccc3)c3ccccc3)ccc1-2. The molecule has 1 heteroatoms. The Labute approximate surface area is 174 Å². The van der Waals surface area contributed by atoms with Gasteiger partial charge in [-0.2, -0.15) is 0 Å². The quantitative estimate of drug-likeness (QED) is 0.332. The summed E-state index contributed by atoms with van der Waals surface area (Å²) in [7, 11) is 2.19. The molecule has 5 rings (SSSR count). The molecule has 0 saturated carbocycles. The maximum atomic E-state index is 2.45. The van der Waals surface area contributed by atoms with Crippen LogP contribution in [0.15, 0.2) is 97.1 Å². The molecule has 0 saturated heterocycles. The highest BCUT2D eigenvalue weighted by Crippen LogP contribution is 2.49. The highest BCUT2D eigenvalue weighted by molar-refractivity contribution is 6.32. The van der Waals surface area contributed by atoms with Crippen molar-refractivity contribution in [3.63, 3.8) is 0 Å². The maximum Gasteiger partial charge on any atom is 0.139 e. The van der Waals surface area contributed by atoms with E-state index in [0.717, 1.165) is 0 Å². The summed E-state index contributed by atoms with van der Waals surface area (Å²) in [5, 5.41) is 0. The van der Waals surface area contributed by atoms with Crippen LogP contribution in [0.1, 0.15) is 47.6 Å². The van der Waals surface area contributed by atoms with Crippen molar-refractivity contribution >= 4 is 13.3 Å². The number of hydrogen-bond acceptors (Lipinski definition) is 0. The third-order valence-corrected chi connectivity index (χ3v) is 6.45. The summed E-state index contributed by atoms with van der Waals surface area (Å²) in [4.78, 5) is 0. The standard InChI is InChI=1S/C28H25B/c1-28(2)25-17-21(13-15-23(25)24-16-14-22(29)18-26(24)28)27(19-9-5-3-6-10-19)20-11-7-4-8-12-20/h3-18,27H,29H2,1-2H3. The zero-order valence-electron chi connectivity index (χ0n) is 17.3. The summed E-state index contributed by atoms with van der Waals surface area (Å²) >= 11 is 0. The predicted molar refractivity (Wildman–Crippen MR) is 126 cm³/mol. The summed E-state index contributed by atoms with van der Waals surface area (Å²) < 4.78 is 0. The van der Waals surface area contributed by atoms with Gasteiger partial charge in [-0.25, -0.2) is 0 Å². The van der Waals surface area contributed by atoms with Crippen LogP contribution < -0.4 is 5.46 Å². The zero-order chi connectivity index (χ0) is 20.0. The second kappa shape index (κ2) is 6.78. The molecule has 0 spiro atoms. The largest absolute Gasteiger partial charge is 0.139 e. The van der Waals surface area contributed by atoms with Gasteiger partial charge in [-0.1, -0.05) is 116 Å². The Hall–Kier alpha value is -3.06. The zero-order valence-corrected chi connectivity index (χ0v) is 17.3. The first-order valence-corrected chi connectivity index (χ1v) is 10.4. The number of benzene rings is 4.